The highest BCUT2D eigenvalue weighted by atomic mass is 16.2. The Morgan fingerprint density at radius 1 is 0.974 bits per heavy atom. The average molecular weight is 537 g/mol. The predicted octanol–water partition coefficient (Wildman–Crippen LogP) is 2.16. The molecule has 0 aliphatic carbocycles. The van der Waals surface area contributed by atoms with Crippen molar-refractivity contribution in [3.63, 3.8) is 0 Å². The van der Waals surface area contributed by atoms with E-state index in [-0.39, 0.29) is 36.3 Å². The molecule has 0 aromatic heterocycles. The molecule has 10 heteroatoms. The van der Waals surface area contributed by atoms with Gasteiger partial charge >= 0.3 is 6.03 Å². The minimum absolute atomic E-state index is 0.193. The summed E-state index contributed by atoms with van der Waals surface area (Å²) in [5, 5.41) is 13.5. The summed E-state index contributed by atoms with van der Waals surface area (Å²) in [6.07, 6.45) is 0.555. The monoisotopic (exact) mass is 536 g/mol. The molecule has 2 aromatic carbocycles. The van der Waals surface area contributed by atoms with E-state index in [0.29, 0.717) is 18.7 Å². The molecule has 0 spiro atoms. The summed E-state index contributed by atoms with van der Waals surface area (Å²) in [6, 6.07) is 11.2. The van der Waals surface area contributed by atoms with Crippen molar-refractivity contribution in [2.45, 2.75) is 58.3 Å². The number of hydrogen-bond donors (Lipinski definition) is 4. The molecule has 5 unspecified atom stereocenters. The summed E-state index contributed by atoms with van der Waals surface area (Å²) in [5.74, 6) is -1.39. The molecule has 39 heavy (non-hydrogen) atoms. The first kappa shape index (κ1) is 28.4. The Balaban J connectivity index is 1.64. The fraction of sp³-hybridized carbons (Fsp3) is 0.517. The number of benzene rings is 2. The highest BCUT2D eigenvalue weighted by Gasteiger charge is 2.55. The first-order valence-electron chi connectivity index (χ1n) is 13.5. The van der Waals surface area contributed by atoms with E-state index in [1.807, 2.05) is 63.2 Å². The largest absolute Gasteiger partial charge is 0.342 e. The van der Waals surface area contributed by atoms with E-state index < -0.39 is 29.5 Å². The van der Waals surface area contributed by atoms with Crippen molar-refractivity contribution in [2.75, 3.05) is 32.5 Å². The van der Waals surface area contributed by atoms with Gasteiger partial charge in [-0.15, -0.1) is 0 Å². The van der Waals surface area contributed by atoms with Crippen LogP contribution in [0, 0.1) is 11.3 Å². The first-order chi connectivity index (χ1) is 18.5. The summed E-state index contributed by atoms with van der Waals surface area (Å²) < 4.78 is 0. The van der Waals surface area contributed by atoms with Crippen LogP contribution in [0.2, 0.25) is 0 Å². The molecule has 4 N–H and O–H groups in total. The quantitative estimate of drug-likeness (QED) is 0.451. The molecule has 2 aromatic rings. The zero-order valence-electron chi connectivity index (χ0n) is 23.6. The van der Waals surface area contributed by atoms with Gasteiger partial charge in [-0.2, -0.15) is 0 Å². The van der Waals surface area contributed by atoms with Crippen LogP contribution in [0.5, 0.6) is 0 Å². The van der Waals surface area contributed by atoms with E-state index in [9.17, 15) is 19.2 Å². The Morgan fingerprint density at radius 2 is 1.67 bits per heavy atom. The summed E-state index contributed by atoms with van der Waals surface area (Å²) >= 11 is 0. The van der Waals surface area contributed by atoms with Gasteiger partial charge in [-0.3, -0.25) is 14.4 Å². The van der Waals surface area contributed by atoms with Crippen LogP contribution >= 0.6 is 0 Å². The number of anilines is 1. The highest BCUT2D eigenvalue weighted by molar-refractivity contribution is 6.03. The maximum atomic E-state index is 14.1. The molecule has 2 aliphatic rings. The number of nitrogens with one attached hydrogen (secondary N) is 4. The molecule has 2 heterocycles. The Morgan fingerprint density at radius 3 is 2.33 bits per heavy atom. The van der Waals surface area contributed by atoms with Crippen LogP contribution < -0.4 is 21.3 Å². The smallest absolute Gasteiger partial charge is 0.317 e. The summed E-state index contributed by atoms with van der Waals surface area (Å²) in [4.78, 5) is 56.8. The van der Waals surface area contributed by atoms with Gasteiger partial charge in [0.15, 0.2) is 0 Å². The number of nitrogens with zero attached hydrogens (tertiary/aromatic N) is 2. The number of carbonyl (C=O) groups excluding carboxylic acids is 4. The van der Waals surface area contributed by atoms with Gasteiger partial charge in [0.25, 0.3) is 0 Å². The molecule has 4 rings (SSSR count). The summed E-state index contributed by atoms with van der Waals surface area (Å²) in [5.41, 5.74) is 0.114. The number of amides is 5. The number of carbonyl (C=O) groups is 4. The normalized spacial score (nSPS) is 22.3. The molecular weight excluding hydrogens is 496 g/mol. The second kappa shape index (κ2) is 11.2. The molecule has 2 fully saturated rings. The number of fused-ring (bicyclic) bond motifs is 2. The van der Waals surface area contributed by atoms with Gasteiger partial charge in [0, 0.05) is 31.2 Å². The van der Waals surface area contributed by atoms with Crippen molar-refractivity contribution in [1.82, 2.24) is 25.8 Å². The predicted molar refractivity (Wildman–Crippen MR) is 151 cm³/mol. The third kappa shape index (κ3) is 5.56. The fourth-order valence-corrected chi connectivity index (χ4v) is 5.72. The van der Waals surface area contributed by atoms with E-state index in [2.05, 4.69) is 21.3 Å². The lowest BCUT2D eigenvalue weighted by Gasteiger charge is -2.37. The Hall–Kier alpha value is -3.66. The number of likely N-dealkylation sites (N-methyl/N-ethyl adjacent to an activating group) is 1. The third-order valence-electron chi connectivity index (χ3n) is 7.99. The number of rotatable bonds is 6. The first-order valence-corrected chi connectivity index (χ1v) is 13.5. The minimum Gasteiger partial charge on any atom is -0.342 e. The van der Waals surface area contributed by atoms with E-state index >= 15 is 0 Å². The molecule has 0 bridgehead atoms. The average Bonchev–Trinajstić information content (AvgIpc) is 3.51. The second-order valence-corrected chi connectivity index (χ2v) is 11.5. The molecule has 0 saturated carbocycles. The maximum absolute atomic E-state index is 14.1. The molecule has 10 nitrogen and oxygen atoms in total. The maximum Gasteiger partial charge on any atom is 0.317 e. The van der Waals surface area contributed by atoms with Crippen molar-refractivity contribution in [3.8, 4) is 0 Å². The van der Waals surface area contributed by atoms with Crippen molar-refractivity contribution in [3.05, 3.63) is 42.5 Å². The molecule has 210 valence electrons. The van der Waals surface area contributed by atoms with Crippen LogP contribution in [0.4, 0.5) is 10.5 Å². The van der Waals surface area contributed by atoms with Gasteiger partial charge in [0.05, 0.1) is 24.0 Å². The van der Waals surface area contributed by atoms with E-state index in [4.69, 9.17) is 0 Å². The van der Waals surface area contributed by atoms with Crippen LogP contribution in [-0.4, -0.2) is 84.9 Å². The number of likely N-dealkylation sites (tertiary alicyclic amines) is 2. The zero-order chi connectivity index (χ0) is 28.5. The zero-order valence-corrected chi connectivity index (χ0v) is 23.6. The van der Waals surface area contributed by atoms with Crippen LogP contribution in [0.15, 0.2) is 42.5 Å². The molecular formula is C29H40N6O4. The van der Waals surface area contributed by atoms with Crippen LogP contribution in [0.25, 0.3) is 10.8 Å². The Bertz CT molecular complexity index is 1250. The van der Waals surface area contributed by atoms with Crippen LogP contribution in [0.1, 0.15) is 34.1 Å². The molecule has 5 atom stereocenters. The van der Waals surface area contributed by atoms with Gasteiger partial charge in [0.1, 0.15) is 6.04 Å². The molecule has 2 aliphatic heterocycles. The molecule has 2 saturated heterocycles. The van der Waals surface area contributed by atoms with E-state index in [1.165, 1.54) is 0 Å². The fourth-order valence-electron chi connectivity index (χ4n) is 5.72. The van der Waals surface area contributed by atoms with Crippen molar-refractivity contribution < 1.29 is 19.2 Å². The van der Waals surface area contributed by atoms with Gasteiger partial charge < -0.3 is 31.1 Å². The summed E-state index contributed by atoms with van der Waals surface area (Å²) in [7, 11) is 3.25. The van der Waals surface area contributed by atoms with Crippen molar-refractivity contribution in [2.24, 2.45) is 11.3 Å². The Labute approximate surface area is 229 Å². The van der Waals surface area contributed by atoms with Gasteiger partial charge in [-0.05, 0) is 37.3 Å². The van der Waals surface area contributed by atoms with E-state index in [1.54, 1.807) is 30.8 Å². The topological polar surface area (TPSA) is 123 Å². The highest BCUT2D eigenvalue weighted by Crippen LogP contribution is 2.38. The van der Waals surface area contributed by atoms with Crippen LogP contribution in [0.3, 0.4) is 0 Å². The molecule has 5 amide bonds. The van der Waals surface area contributed by atoms with Crippen molar-refractivity contribution >= 4 is 40.2 Å². The van der Waals surface area contributed by atoms with Gasteiger partial charge in [-0.25, -0.2) is 4.79 Å². The van der Waals surface area contributed by atoms with Crippen LogP contribution in [-0.2, 0) is 14.4 Å². The number of urea groups is 1. The number of hydrogen-bond acceptors (Lipinski definition) is 5. The third-order valence-corrected chi connectivity index (χ3v) is 7.99. The minimum atomic E-state index is -0.796. The standard InChI is InChI=1S/C29H40N6O4/c1-17(30-5)25(36)33-24(29(2,3)4)27(38)34-15-14-22-23(34)20(16-35(22)28(39)31-6)26(37)32-21-13-9-11-18-10-7-8-12-19(18)21/h7-13,17,20,22-24,30H,14-16H2,1-6H3,(H,31,39)(H,32,37)(H,33,36). The van der Waals surface area contributed by atoms with Gasteiger partial charge in [-0.1, -0.05) is 57.2 Å². The lowest BCUT2D eigenvalue weighted by molar-refractivity contribution is -0.141. The van der Waals surface area contributed by atoms with Gasteiger partial charge in [0.2, 0.25) is 17.7 Å². The summed E-state index contributed by atoms with van der Waals surface area (Å²) in [6.45, 7) is 8.04. The SMILES string of the molecule is CNC(=O)N1CC(C(=O)Nc2cccc3ccccc23)C2C1CCN2C(=O)C(NC(=O)C(C)NC)C(C)(C)C. The lowest BCUT2D eigenvalue weighted by atomic mass is 9.85. The Kier molecular flexibility index (Phi) is 8.15. The lowest BCUT2D eigenvalue weighted by Crippen LogP contribution is -2.59. The second-order valence-electron chi connectivity index (χ2n) is 11.5. The molecule has 0 radical (unpaired) electrons. The van der Waals surface area contributed by atoms with Crippen molar-refractivity contribution in [1.29, 1.82) is 0 Å². The van der Waals surface area contributed by atoms with E-state index in [0.717, 1.165) is 10.8 Å².